The van der Waals surface area contributed by atoms with E-state index in [9.17, 15) is 9.59 Å². The molecule has 140 valence electrons. The molecule has 28 heavy (non-hydrogen) atoms. The van der Waals surface area contributed by atoms with Crippen LogP contribution in [0.1, 0.15) is 37.4 Å². The van der Waals surface area contributed by atoms with E-state index in [0.717, 1.165) is 28.8 Å². The number of rotatable bonds is 4. The Morgan fingerprint density at radius 2 is 1.89 bits per heavy atom. The van der Waals surface area contributed by atoms with Crippen LogP contribution in [0.15, 0.2) is 67.0 Å². The van der Waals surface area contributed by atoms with Crippen LogP contribution in [0, 0.1) is 6.92 Å². The first-order valence-electron chi connectivity index (χ1n) is 9.30. The molecule has 1 aliphatic heterocycles. The Labute approximate surface area is 164 Å². The molecule has 5 nitrogen and oxygen atoms in total. The van der Waals surface area contributed by atoms with Crippen LogP contribution in [0.5, 0.6) is 0 Å². The number of aromatic nitrogens is 1. The quantitative estimate of drug-likeness (QED) is 0.763. The van der Waals surface area contributed by atoms with E-state index in [1.807, 2.05) is 48.2 Å². The van der Waals surface area contributed by atoms with E-state index in [-0.39, 0.29) is 11.8 Å². The standard InChI is InChI=1S/C23H21N3O2/c1-16-4-7-18(8-5-16)23(28)26-12-10-19-13-17(6-9-21(19)26)14-25-22(27)20-3-2-11-24-15-20/h2-9,11,13,15H,10,12,14H2,1H3,(H,25,27). The summed E-state index contributed by atoms with van der Waals surface area (Å²) in [7, 11) is 0. The number of anilines is 1. The van der Waals surface area contributed by atoms with Gasteiger partial charge in [0.2, 0.25) is 0 Å². The third-order valence-corrected chi connectivity index (χ3v) is 4.96. The molecule has 3 aromatic rings. The van der Waals surface area contributed by atoms with Gasteiger partial charge in [-0.25, -0.2) is 0 Å². The lowest BCUT2D eigenvalue weighted by Gasteiger charge is -2.18. The number of nitrogens with zero attached hydrogens (tertiary/aromatic N) is 2. The molecule has 0 unspecified atom stereocenters. The first-order valence-corrected chi connectivity index (χ1v) is 9.30. The summed E-state index contributed by atoms with van der Waals surface area (Å²) in [6.45, 7) is 3.12. The molecule has 2 amide bonds. The van der Waals surface area contributed by atoms with Crippen LogP contribution in [0.4, 0.5) is 5.69 Å². The molecular weight excluding hydrogens is 350 g/mol. The van der Waals surface area contributed by atoms with Crippen LogP contribution in [0.25, 0.3) is 0 Å². The fourth-order valence-corrected chi connectivity index (χ4v) is 3.41. The second-order valence-electron chi connectivity index (χ2n) is 6.96. The molecule has 4 rings (SSSR count). The molecule has 0 atom stereocenters. The van der Waals surface area contributed by atoms with Gasteiger partial charge in [0.15, 0.2) is 0 Å². The van der Waals surface area contributed by atoms with Gasteiger partial charge in [-0.05, 0) is 54.8 Å². The molecule has 1 aliphatic rings. The van der Waals surface area contributed by atoms with E-state index < -0.39 is 0 Å². The minimum atomic E-state index is -0.148. The summed E-state index contributed by atoms with van der Waals surface area (Å²) in [5.41, 5.74) is 5.48. The van der Waals surface area contributed by atoms with Gasteiger partial charge in [0.05, 0.1) is 5.56 Å². The summed E-state index contributed by atoms with van der Waals surface area (Å²) in [5, 5.41) is 2.91. The molecule has 0 aliphatic carbocycles. The van der Waals surface area contributed by atoms with Crippen molar-refractivity contribution in [2.45, 2.75) is 19.9 Å². The first kappa shape index (κ1) is 17.9. The molecule has 0 fully saturated rings. The first-order chi connectivity index (χ1) is 13.6. The van der Waals surface area contributed by atoms with Gasteiger partial charge in [-0.3, -0.25) is 14.6 Å². The number of carbonyl (C=O) groups excluding carboxylic acids is 2. The van der Waals surface area contributed by atoms with Gasteiger partial charge in [-0.15, -0.1) is 0 Å². The van der Waals surface area contributed by atoms with Crippen molar-refractivity contribution >= 4 is 17.5 Å². The molecular formula is C23H21N3O2. The molecule has 0 spiro atoms. The van der Waals surface area contributed by atoms with Crippen LogP contribution >= 0.6 is 0 Å². The molecule has 0 saturated carbocycles. The number of nitrogens with one attached hydrogen (secondary N) is 1. The molecule has 5 heteroatoms. The highest BCUT2D eigenvalue weighted by molar-refractivity contribution is 6.07. The topological polar surface area (TPSA) is 62.3 Å². The van der Waals surface area contributed by atoms with Crippen molar-refractivity contribution in [1.29, 1.82) is 0 Å². The van der Waals surface area contributed by atoms with Crippen molar-refractivity contribution in [3.05, 3.63) is 94.8 Å². The molecule has 2 aromatic carbocycles. The number of fused-ring (bicyclic) bond motifs is 1. The predicted molar refractivity (Wildman–Crippen MR) is 108 cm³/mol. The van der Waals surface area contributed by atoms with Gasteiger partial charge in [-0.1, -0.05) is 29.8 Å². The number of pyridine rings is 1. The zero-order valence-electron chi connectivity index (χ0n) is 15.7. The summed E-state index contributed by atoms with van der Waals surface area (Å²) >= 11 is 0. The Bertz CT molecular complexity index is 1010. The third-order valence-electron chi connectivity index (χ3n) is 4.96. The van der Waals surface area contributed by atoms with E-state index in [1.165, 1.54) is 0 Å². The smallest absolute Gasteiger partial charge is 0.258 e. The van der Waals surface area contributed by atoms with Gasteiger partial charge < -0.3 is 10.2 Å². The Kier molecular flexibility index (Phi) is 4.89. The predicted octanol–water partition coefficient (Wildman–Crippen LogP) is 3.52. The SMILES string of the molecule is Cc1ccc(C(=O)N2CCc3cc(CNC(=O)c4cccnc4)ccc32)cc1. The van der Waals surface area contributed by atoms with E-state index in [2.05, 4.69) is 16.4 Å². The van der Waals surface area contributed by atoms with E-state index in [0.29, 0.717) is 24.2 Å². The molecule has 0 bridgehead atoms. The Hall–Kier alpha value is -3.47. The maximum absolute atomic E-state index is 12.8. The van der Waals surface area contributed by atoms with E-state index in [4.69, 9.17) is 0 Å². The Balaban J connectivity index is 1.45. The van der Waals surface area contributed by atoms with Crippen LogP contribution in [-0.4, -0.2) is 23.3 Å². The maximum atomic E-state index is 12.8. The monoisotopic (exact) mass is 371 g/mol. The number of aryl methyl sites for hydroxylation is 1. The average molecular weight is 371 g/mol. The molecule has 1 N–H and O–H groups in total. The number of hydrogen-bond acceptors (Lipinski definition) is 3. The van der Waals surface area contributed by atoms with Gasteiger partial charge >= 0.3 is 0 Å². The molecule has 0 saturated heterocycles. The lowest BCUT2D eigenvalue weighted by atomic mass is 10.1. The van der Waals surface area contributed by atoms with Gasteiger partial charge in [0.1, 0.15) is 0 Å². The van der Waals surface area contributed by atoms with Crippen LogP contribution in [-0.2, 0) is 13.0 Å². The fourth-order valence-electron chi connectivity index (χ4n) is 3.41. The van der Waals surface area contributed by atoms with Gasteiger partial charge in [0, 0.05) is 36.7 Å². The van der Waals surface area contributed by atoms with Crippen LogP contribution in [0.2, 0.25) is 0 Å². The van der Waals surface area contributed by atoms with E-state index >= 15 is 0 Å². The third kappa shape index (κ3) is 3.64. The maximum Gasteiger partial charge on any atom is 0.258 e. The normalized spacial score (nSPS) is 12.5. The number of hydrogen-bond donors (Lipinski definition) is 1. The number of amides is 2. The van der Waals surface area contributed by atoms with E-state index in [1.54, 1.807) is 24.5 Å². The highest BCUT2D eigenvalue weighted by Gasteiger charge is 2.25. The van der Waals surface area contributed by atoms with Crippen LogP contribution in [0.3, 0.4) is 0 Å². The summed E-state index contributed by atoms with van der Waals surface area (Å²) in [4.78, 5) is 30.8. The van der Waals surface area contributed by atoms with Gasteiger partial charge in [0.25, 0.3) is 11.8 Å². The summed E-state index contributed by atoms with van der Waals surface area (Å²) in [6.07, 6.45) is 4.00. The van der Waals surface area contributed by atoms with Crippen LogP contribution < -0.4 is 10.2 Å². The van der Waals surface area contributed by atoms with Crippen molar-refractivity contribution in [3.63, 3.8) is 0 Å². The zero-order chi connectivity index (χ0) is 19.5. The molecule has 1 aromatic heterocycles. The fraction of sp³-hybridized carbons (Fsp3) is 0.174. The highest BCUT2D eigenvalue weighted by Crippen LogP contribution is 2.30. The van der Waals surface area contributed by atoms with Crippen molar-refractivity contribution in [1.82, 2.24) is 10.3 Å². The van der Waals surface area contributed by atoms with Crippen molar-refractivity contribution in [2.24, 2.45) is 0 Å². The lowest BCUT2D eigenvalue weighted by Crippen LogP contribution is -2.28. The minimum absolute atomic E-state index is 0.0244. The van der Waals surface area contributed by atoms with Gasteiger partial charge in [-0.2, -0.15) is 0 Å². The number of carbonyl (C=O) groups is 2. The largest absolute Gasteiger partial charge is 0.348 e. The Morgan fingerprint density at radius 3 is 2.64 bits per heavy atom. The van der Waals surface area contributed by atoms with Crippen molar-refractivity contribution < 1.29 is 9.59 Å². The number of benzene rings is 2. The highest BCUT2D eigenvalue weighted by atomic mass is 16.2. The molecule has 0 radical (unpaired) electrons. The summed E-state index contributed by atoms with van der Waals surface area (Å²) in [5.74, 6) is -0.124. The summed E-state index contributed by atoms with van der Waals surface area (Å²) in [6, 6.07) is 17.1. The second-order valence-corrected chi connectivity index (χ2v) is 6.96. The zero-order valence-corrected chi connectivity index (χ0v) is 15.7. The molecule has 2 heterocycles. The van der Waals surface area contributed by atoms with Crippen molar-refractivity contribution in [3.8, 4) is 0 Å². The Morgan fingerprint density at radius 1 is 1.07 bits per heavy atom. The minimum Gasteiger partial charge on any atom is -0.348 e. The van der Waals surface area contributed by atoms with Crippen molar-refractivity contribution in [2.75, 3.05) is 11.4 Å². The second kappa shape index (κ2) is 7.64. The summed E-state index contributed by atoms with van der Waals surface area (Å²) < 4.78 is 0. The average Bonchev–Trinajstić information content (AvgIpc) is 3.16. The lowest BCUT2D eigenvalue weighted by molar-refractivity contribution is 0.0949.